The molecule has 0 N–H and O–H groups in total. The Balaban J connectivity index is 3.83. The highest BCUT2D eigenvalue weighted by molar-refractivity contribution is 6.29. The summed E-state index contributed by atoms with van der Waals surface area (Å²) in [4.78, 5) is 11.3. The van der Waals surface area contributed by atoms with E-state index in [4.69, 9.17) is 27.9 Å². The molecule has 0 saturated carbocycles. The number of alkyl halides is 2. The summed E-state index contributed by atoms with van der Waals surface area (Å²) in [6.45, 7) is 5.45. The lowest BCUT2D eigenvalue weighted by atomic mass is 10.2. The van der Waals surface area contributed by atoms with E-state index in [9.17, 15) is 4.79 Å². The lowest BCUT2D eigenvalue weighted by Gasteiger charge is -2.21. The average Bonchev–Trinajstić information content (AvgIpc) is 1.96. The number of ether oxygens (including phenoxy) is 1. The van der Waals surface area contributed by atoms with E-state index in [0.717, 1.165) is 6.42 Å². The summed E-state index contributed by atoms with van der Waals surface area (Å²) in [6, 6.07) is 0. The van der Waals surface area contributed by atoms with Crippen molar-refractivity contribution in [3.05, 3.63) is 0 Å². The number of esters is 1. The van der Waals surface area contributed by atoms with Crippen molar-refractivity contribution < 1.29 is 9.53 Å². The van der Waals surface area contributed by atoms with E-state index >= 15 is 0 Å². The number of carbonyl (C=O) groups excluding carboxylic acids is 1. The first-order valence-electron chi connectivity index (χ1n) is 4.29. The molecular formula is C9H16Cl2O2. The molecule has 0 aromatic rings. The fraction of sp³-hybridized carbons (Fsp3) is 0.889. The van der Waals surface area contributed by atoms with Gasteiger partial charge in [-0.2, -0.15) is 0 Å². The highest BCUT2D eigenvalue weighted by Crippen LogP contribution is 2.14. The van der Waals surface area contributed by atoms with Crippen molar-refractivity contribution in [3.8, 4) is 0 Å². The van der Waals surface area contributed by atoms with Crippen molar-refractivity contribution in [2.45, 2.75) is 44.6 Å². The summed E-state index contributed by atoms with van der Waals surface area (Å²) in [5.74, 6) is 0.158. The van der Waals surface area contributed by atoms with Crippen LogP contribution in [0.5, 0.6) is 0 Å². The second-order valence-corrected chi connectivity index (χ2v) is 4.74. The second-order valence-electron chi connectivity index (χ2n) is 3.83. The molecule has 0 aromatic heterocycles. The van der Waals surface area contributed by atoms with Gasteiger partial charge in [-0.3, -0.25) is 4.79 Å². The fourth-order valence-corrected chi connectivity index (χ4v) is 1.09. The maximum absolute atomic E-state index is 11.3. The molecule has 1 unspecified atom stereocenters. The highest BCUT2D eigenvalue weighted by Gasteiger charge is 2.22. The monoisotopic (exact) mass is 226 g/mol. The molecule has 4 heteroatoms. The summed E-state index contributed by atoms with van der Waals surface area (Å²) in [6.07, 6.45) is 1.30. The summed E-state index contributed by atoms with van der Waals surface area (Å²) >= 11 is 11.3. The molecule has 0 aliphatic heterocycles. The molecule has 1 atom stereocenters. The lowest BCUT2D eigenvalue weighted by molar-refractivity contribution is -0.154. The maximum Gasteiger partial charge on any atom is 0.324 e. The van der Waals surface area contributed by atoms with E-state index in [2.05, 4.69) is 0 Å². The largest absolute Gasteiger partial charge is 0.459 e. The Morgan fingerprint density at radius 1 is 1.46 bits per heavy atom. The smallest absolute Gasteiger partial charge is 0.324 e. The Morgan fingerprint density at radius 3 is 2.38 bits per heavy atom. The Bertz CT molecular complexity index is 163. The van der Waals surface area contributed by atoms with Crippen LogP contribution >= 0.6 is 23.2 Å². The third-order valence-corrected chi connectivity index (χ3v) is 1.92. The number of halogens is 2. The number of hydrogen-bond donors (Lipinski definition) is 0. The third kappa shape index (κ3) is 7.15. The molecule has 0 amide bonds. The molecule has 0 bridgehead atoms. The van der Waals surface area contributed by atoms with E-state index in [0.29, 0.717) is 12.3 Å². The Hall–Kier alpha value is 0.0500. The van der Waals surface area contributed by atoms with E-state index in [1.807, 2.05) is 20.8 Å². The van der Waals surface area contributed by atoms with Crippen molar-refractivity contribution in [1.29, 1.82) is 0 Å². The molecule has 0 aliphatic carbocycles. The number of rotatable bonds is 4. The fourth-order valence-electron chi connectivity index (χ4n) is 0.740. The molecule has 0 aliphatic rings. The van der Waals surface area contributed by atoms with Crippen LogP contribution in [-0.4, -0.2) is 22.8 Å². The van der Waals surface area contributed by atoms with Crippen LogP contribution in [0.3, 0.4) is 0 Å². The Morgan fingerprint density at radius 2 is 2.00 bits per heavy atom. The minimum atomic E-state index is -0.571. The summed E-state index contributed by atoms with van der Waals surface area (Å²) in [7, 11) is 0. The van der Waals surface area contributed by atoms with Crippen LogP contribution in [0.15, 0.2) is 0 Å². The number of carbonyl (C=O) groups is 1. The summed E-state index contributed by atoms with van der Waals surface area (Å²) in [5.41, 5.74) is -0.467. The zero-order valence-corrected chi connectivity index (χ0v) is 9.78. The third-order valence-electron chi connectivity index (χ3n) is 1.25. The molecular weight excluding hydrogens is 211 g/mol. The molecule has 2 nitrogen and oxygen atoms in total. The Kier molecular flexibility index (Phi) is 5.73. The van der Waals surface area contributed by atoms with Crippen LogP contribution in [0, 0.1) is 0 Å². The Labute approximate surface area is 89.5 Å². The van der Waals surface area contributed by atoms with E-state index in [1.54, 1.807) is 0 Å². The summed E-state index contributed by atoms with van der Waals surface area (Å²) in [5, 5.41) is -0.571. The molecule has 0 heterocycles. The average molecular weight is 227 g/mol. The van der Waals surface area contributed by atoms with Gasteiger partial charge in [-0.05, 0) is 33.6 Å². The van der Waals surface area contributed by atoms with Gasteiger partial charge < -0.3 is 4.74 Å². The first kappa shape index (κ1) is 13.1. The molecule has 0 fully saturated rings. The standard InChI is InChI=1S/C9H16Cl2O2/c1-9(2,3)13-8(12)7(11)5-4-6-10/h7H,4-6H2,1-3H3. The maximum atomic E-state index is 11.3. The van der Waals surface area contributed by atoms with Crippen molar-refractivity contribution in [2.75, 3.05) is 5.88 Å². The minimum Gasteiger partial charge on any atom is -0.459 e. The molecule has 13 heavy (non-hydrogen) atoms. The quantitative estimate of drug-likeness (QED) is 0.545. The van der Waals surface area contributed by atoms with Crippen LogP contribution < -0.4 is 0 Å². The molecule has 0 spiro atoms. The van der Waals surface area contributed by atoms with Crippen LogP contribution in [0.1, 0.15) is 33.6 Å². The molecule has 78 valence electrons. The van der Waals surface area contributed by atoms with Gasteiger partial charge in [0, 0.05) is 5.88 Å². The van der Waals surface area contributed by atoms with Crippen LogP contribution in [0.2, 0.25) is 0 Å². The zero-order valence-electron chi connectivity index (χ0n) is 8.27. The van der Waals surface area contributed by atoms with Gasteiger partial charge in [-0.15, -0.1) is 23.2 Å². The van der Waals surface area contributed by atoms with Gasteiger partial charge >= 0.3 is 5.97 Å². The highest BCUT2D eigenvalue weighted by atomic mass is 35.5. The van der Waals surface area contributed by atoms with Crippen LogP contribution in [-0.2, 0) is 9.53 Å². The first-order chi connectivity index (χ1) is 5.87. The first-order valence-corrected chi connectivity index (χ1v) is 5.27. The second kappa shape index (κ2) is 5.71. The van der Waals surface area contributed by atoms with Gasteiger partial charge in [-0.25, -0.2) is 0 Å². The molecule has 0 radical (unpaired) electrons. The van der Waals surface area contributed by atoms with Crippen molar-refractivity contribution in [3.63, 3.8) is 0 Å². The van der Waals surface area contributed by atoms with Gasteiger partial charge in [0.25, 0.3) is 0 Å². The minimum absolute atomic E-state index is 0.362. The predicted octanol–water partition coefficient (Wildman–Crippen LogP) is 2.95. The van der Waals surface area contributed by atoms with Gasteiger partial charge in [0.2, 0.25) is 0 Å². The summed E-state index contributed by atoms with van der Waals surface area (Å²) < 4.78 is 5.08. The van der Waals surface area contributed by atoms with Crippen molar-refractivity contribution in [2.24, 2.45) is 0 Å². The van der Waals surface area contributed by atoms with Gasteiger partial charge in [-0.1, -0.05) is 0 Å². The van der Waals surface area contributed by atoms with Crippen LogP contribution in [0.25, 0.3) is 0 Å². The molecule has 0 saturated heterocycles. The SMILES string of the molecule is CC(C)(C)OC(=O)C(Cl)CCCCl. The topological polar surface area (TPSA) is 26.3 Å². The normalized spacial score (nSPS) is 13.9. The molecule has 0 rings (SSSR count). The van der Waals surface area contributed by atoms with Gasteiger partial charge in [0.15, 0.2) is 0 Å². The van der Waals surface area contributed by atoms with Gasteiger partial charge in [0.1, 0.15) is 11.0 Å². The lowest BCUT2D eigenvalue weighted by Crippen LogP contribution is -2.29. The van der Waals surface area contributed by atoms with Crippen molar-refractivity contribution >= 4 is 29.2 Å². The molecule has 0 aromatic carbocycles. The van der Waals surface area contributed by atoms with E-state index in [1.165, 1.54) is 0 Å². The number of hydrogen-bond acceptors (Lipinski definition) is 2. The zero-order chi connectivity index (χ0) is 10.5. The predicted molar refractivity (Wildman–Crippen MR) is 55.4 cm³/mol. The van der Waals surface area contributed by atoms with E-state index in [-0.39, 0.29) is 5.97 Å². The van der Waals surface area contributed by atoms with Crippen LogP contribution in [0.4, 0.5) is 0 Å². The van der Waals surface area contributed by atoms with Crippen molar-refractivity contribution in [1.82, 2.24) is 0 Å². The van der Waals surface area contributed by atoms with E-state index < -0.39 is 11.0 Å². The van der Waals surface area contributed by atoms with Gasteiger partial charge in [0.05, 0.1) is 0 Å².